The van der Waals surface area contributed by atoms with Crippen LogP contribution in [0.5, 0.6) is 5.75 Å². The maximum absolute atomic E-state index is 12.9. The maximum atomic E-state index is 12.9. The number of hydrogen-bond acceptors (Lipinski definition) is 3. The molecule has 0 heterocycles. The van der Waals surface area contributed by atoms with Gasteiger partial charge >= 0.3 is 5.97 Å². The van der Waals surface area contributed by atoms with Crippen LogP contribution in [0.2, 0.25) is 0 Å². The zero-order valence-electron chi connectivity index (χ0n) is 25.5. The molecule has 2 unspecified atom stereocenters. The van der Waals surface area contributed by atoms with Crippen molar-refractivity contribution in [1.82, 2.24) is 0 Å². The molecule has 3 nitrogen and oxygen atoms in total. The summed E-state index contributed by atoms with van der Waals surface area (Å²) in [6, 6.07) is 15.6. The van der Waals surface area contributed by atoms with Crippen molar-refractivity contribution in [3.63, 3.8) is 0 Å². The lowest BCUT2D eigenvalue weighted by atomic mass is 9.91. The predicted molar refractivity (Wildman–Crippen MR) is 166 cm³/mol. The van der Waals surface area contributed by atoms with Crippen molar-refractivity contribution in [1.29, 1.82) is 0 Å². The van der Waals surface area contributed by atoms with Crippen LogP contribution in [0.4, 0.5) is 0 Å². The van der Waals surface area contributed by atoms with Gasteiger partial charge in [0.15, 0.2) is 0 Å². The molecule has 0 N–H and O–H groups in total. The first-order valence-electron chi connectivity index (χ1n) is 16.1. The Balaban J connectivity index is 1.64. The van der Waals surface area contributed by atoms with E-state index in [1.54, 1.807) is 0 Å². The van der Waals surface area contributed by atoms with Gasteiger partial charge in [-0.1, -0.05) is 135 Å². The number of benzene rings is 2. The Morgan fingerprint density at radius 1 is 0.692 bits per heavy atom. The summed E-state index contributed by atoms with van der Waals surface area (Å²) in [5.74, 6) is 0.788. The predicted octanol–water partition coefficient (Wildman–Crippen LogP) is 11.4. The van der Waals surface area contributed by atoms with Gasteiger partial charge in [0.2, 0.25) is 0 Å². The first kappa shape index (κ1) is 33.1. The van der Waals surface area contributed by atoms with Crippen LogP contribution < -0.4 is 4.74 Å². The van der Waals surface area contributed by atoms with Crippen molar-refractivity contribution in [2.45, 2.75) is 142 Å². The van der Waals surface area contributed by atoms with Gasteiger partial charge in [0.1, 0.15) is 5.75 Å². The normalized spacial score (nSPS) is 12.8. The second-order valence-corrected chi connectivity index (χ2v) is 11.2. The van der Waals surface area contributed by atoms with Gasteiger partial charge in [-0.05, 0) is 61.4 Å². The number of carbonyl (C=O) groups is 1. The first-order valence-corrected chi connectivity index (χ1v) is 16.1. The van der Waals surface area contributed by atoms with E-state index >= 15 is 0 Å². The number of para-hydroxylation sites is 1. The van der Waals surface area contributed by atoms with Crippen molar-refractivity contribution in [2.24, 2.45) is 0 Å². The van der Waals surface area contributed by atoms with Crippen LogP contribution in [0.15, 0.2) is 48.5 Å². The number of ether oxygens (including phenoxy) is 2. The average molecular weight is 537 g/mol. The molecule has 0 aliphatic rings. The van der Waals surface area contributed by atoms with Gasteiger partial charge in [-0.3, -0.25) is 0 Å². The molecule has 0 saturated heterocycles. The molecule has 0 aliphatic heterocycles. The third-order valence-corrected chi connectivity index (χ3v) is 7.92. The first-order chi connectivity index (χ1) is 19.1. The third kappa shape index (κ3) is 13.2. The summed E-state index contributed by atoms with van der Waals surface area (Å²) in [6.07, 6.45) is 20.9. The minimum atomic E-state index is -0.305. The number of unbranched alkanes of at least 4 members (excludes halogenated alkanes) is 12. The fourth-order valence-corrected chi connectivity index (χ4v) is 5.36. The summed E-state index contributed by atoms with van der Waals surface area (Å²) >= 11 is 0. The smallest absolute Gasteiger partial charge is 0.343 e. The van der Waals surface area contributed by atoms with Crippen LogP contribution >= 0.6 is 0 Å². The molecule has 2 aromatic rings. The minimum Gasteiger partial charge on any atom is -0.423 e. The Morgan fingerprint density at radius 3 is 1.82 bits per heavy atom. The van der Waals surface area contributed by atoms with E-state index in [-0.39, 0.29) is 12.1 Å². The fraction of sp³-hybridized carbons (Fsp3) is 0.639. The van der Waals surface area contributed by atoms with E-state index in [0.717, 1.165) is 43.4 Å². The Bertz CT molecular complexity index is 888. The minimum absolute atomic E-state index is 0.0208. The van der Waals surface area contributed by atoms with Crippen molar-refractivity contribution in [2.75, 3.05) is 6.61 Å². The van der Waals surface area contributed by atoms with Crippen molar-refractivity contribution in [3.05, 3.63) is 65.2 Å². The second-order valence-electron chi connectivity index (χ2n) is 11.2. The van der Waals surface area contributed by atoms with Crippen LogP contribution in [0, 0.1) is 0 Å². The van der Waals surface area contributed by atoms with E-state index in [2.05, 4.69) is 33.8 Å². The lowest BCUT2D eigenvalue weighted by molar-refractivity contribution is 0.0625. The fourth-order valence-electron chi connectivity index (χ4n) is 5.36. The summed E-state index contributed by atoms with van der Waals surface area (Å²) in [5, 5.41) is 0. The molecule has 0 aliphatic carbocycles. The molecule has 0 aromatic heterocycles. The molecule has 0 fully saturated rings. The Labute approximate surface area is 240 Å². The van der Waals surface area contributed by atoms with Crippen LogP contribution in [0.3, 0.4) is 0 Å². The highest BCUT2D eigenvalue weighted by Crippen LogP contribution is 2.32. The molecule has 2 aromatic carbocycles. The largest absolute Gasteiger partial charge is 0.423 e. The van der Waals surface area contributed by atoms with E-state index in [1.807, 2.05) is 42.5 Å². The van der Waals surface area contributed by atoms with Gasteiger partial charge in [0.25, 0.3) is 0 Å². The Kier molecular flexibility index (Phi) is 17.6. The monoisotopic (exact) mass is 536 g/mol. The quantitative estimate of drug-likeness (QED) is 0.0852. The maximum Gasteiger partial charge on any atom is 0.343 e. The van der Waals surface area contributed by atoms with Gasteiger partial charge in [-0.25, -0.2) is 4.79 Å². The number of carbonyl (C=O) groups excluding carboxylic acids is 1. The molecular formula is C36H56O3. The summed E-state index contributed by atoms with van der Waals surface area (Å²) in [6.45, 7) is 9.55. The van der Waals surface area contributed by atoms with Crippen LogP contribution in [-0.4, -0.2) is 12.6 Å². The number of rotatable bonds is 22. The zero-order chi connectivity index (χ0) is 28.1. The topological polar surface area (TPSA) is 35.5 Å². The van der Waals surface area contributed by atoms with E-state index in [9.17, 15) is 4.79 Å². The van der Waals surface area contributed by atoms with E-state index in [0.29, 0.717) is 17.2 Å². The lowest BCUT2D eigenvalue weighted by Gasteiger charge is -2.18. The summed E-state index contributed by atoms with van der Waals surface area (Å²) in [7, 11) is 0. The number of esters is 1. The lowest BCUT2D eigenvalue weighted by Crippen LogP contribution is -2.11. The molecular weight excluding hydrogens is 480 g/mol. The Hall–Kier alpha value is -2.13. The van der Waals surface area contributed by atoms with Gasteiger partial charge in [0, 0.05) is 6.61 Å². The molecule has 3 heteroatoms. The molecule has 0 amide bonds. The van der Waals surface area contributed by atoms with Crippen LogP contribution in [-0.2, 0) is 4.74 Å². The molecule has 0 saturated carbocycles. The molecule has 2 atom stereocenters. The van der Waals surface area contributed by atoms with E-state index in [1.165, 1.54) is 77.0 Å². The third-order valence-electron chi connectivity index (χ3n) is 7.92. The van der Waals surface area contributed by atoms with Crippen LogP contribution in [0.25, 0.3) is 0 Å². The summed E-state index contributed by atoms with van der Waals surface area (Å²) < 4.78 is 11.9. The van der Waals surface area contributed by atoms with Crippen molar-refractivity contribution in [3.8, 4) is 5.75 Å². The highest BCUT2D eigenvalue weighted by atomic mass is 16.5. The molecule has 218 valence electrons. The molecule has 0 spiro atoms. The van der Waals surface area contributed by atoms with Gasteiger partial charge in [0.05, 0.1) is 11.7 Å². The highest BCUT2D eigenvalue weighted by molar-refractivity contribution is 5.91. The second kappa shape index (κ2) is 20.7. The average Bonchev–Trinajstić information content (AvgIpc) is 2.96. The van der Waals surface area contributed by atoms with Crippen molar-refractivity contribution < 1.29 is 14.3 Å². The Morgan fingerprint density at radius 2 is 1.26 bits per heavy atom. The van der Waals surface area contributed by atoms with E-state index in [4.69, 9.17) is 9.47 Å². The summed E-state index contributed by atoms with van der Waals surface area (Å²) in [5.41, 5.74) is 2.79. The molecule has 0 bridgehead atoms. The SMILES string of the molecule is CCCCCCCCCCCCCCCOC(C)c1ccc(C(=O)Oc2ccccc2C(CC)CCC)cc1. The highest BCUT2D eigenvalue weighted by Gasteiger charge is 2.17. The van der Waals surface area contributed by atoms with Gasteiger partial charge < -0.3 is 9.47 Å². The van der Waals surface area contributed by atoms with Crippen molar-refractivity contribution >= 4 is 5.97 Å². The molecule has 0 radical (unpaired) electrons. The number of hydrogen-bond donors (Lipinski definition) is 0. The van der Waals surface area contributed by atoms with Crippen LogP contribution in [0.1, 0.15) is 164 Å². The summed E-state index contributed by atoms with van der Waals surface area (Å²) in [4.78, 5) is 12.9. The molecule has 39 heavy (non-hydrogen) atoms. The standard InChI is InChI=1S/C36H56O3/c1-5-8-9-10-11-12-13-14-15-16-17-18-21-29-38-30(4)32-25-27-33(28-26-32)36(37)39-35-24-20-19-23-34(35)31(7-3)22-6-2/h19-20,23-28,30-31H,5-18,21-22,29H2,1-4H3. The zero-order valence-corrected chi connectivity index (χ0v) is 25.5. The van der Waals surface area contributed by atoms with Gasteiger partial charge in [-0.15, -0.1) is 0 Å². The molecule has 2 rings (SSSR count). The van der Waals surface area contributed by atoms with E-state index < -0.39 is 0 Å². The van der Waals surface area contributed by atoms with Gasteiger partial charge in [-0.2, -0.15) is 0 Å².